The number of likely N-dealkylation sites (N-methyl/N-ethyl adjacent to an activating group) is 1. The SMILES string of the molecule is COc1ccc(CC2CN(C)Cc3c2ccc(OC)c3O)cc1O. The molecule has 0 saturated heterocycles. The van der Waals surface area contributed by atoms with Crippen LogP contribution in [0.5, 0.6) is 23.0 Å². The summed E-state index contributed by atoms with van der Waals surface area (Å²) in [7, 11) is 5.14. The molecule has 0 bridgehead atoms. The van der Waals surface area contributed by atoms with E-state index in [2.05, 4.69) is 4.90 Å². The lowest BCUT2D eigenvalue weighted by Crippen LogP contribution is -2.31. The van der Waals surface area contributed by atoms with E-state index in [0.717, 1.165) is 29.7 Å². The van der Waals surface area contributed by atoms with Crippen molar-refractivity contribution in [3.63, 3.8) is 0 Å². The smallest absolute Gasteiger partial charge is 0.162 e. The molecule has 1 heterocycles. The summed E-state index contributed by atoms with van der Waals surface area (Å²) in [6.45, 7) is 1.59. The lowest BCUT2D eigenvalue weighted by Gasteiger charge is -2.33. The summed E-state index contributed by atoms with van der Waals surface area (Å²) in [5, 5.41) is 20.4. The molecule has 0 aromatic heterocycles. The molecule has 128 valence electrons. The number of fused-ring (bicyclic) bond motifs is 1. The van der Waals surface area contributed by atoms with Crippen LogP contribution in [0.15, 0.2) is 30.3 Å². The van der Waals surface area contributed by atoms with Crippen molar-refractivity contribution in [1.29, 1.82) is 0 Å². The van der Waals surface area contributed by atoms with Gasteiger partial charge in [-0.3, -0.25) is 0 Å². The summed E-state index contributed by atoms with van der Waals surface area (Å²) in [6, 6.07) is 9.35. The van der Waals surface area contributed by atoms with Gasteiger partial charge in [-0.1, -0.05) is 12.1 Å². The molecule has 2 aromatic rings. The molecule has 0 amide bonds. The van der Waals surface area contributed by atoms with Crippen LogP contribution in [0.25, 0.3) is 0 Å². The second kappa shape index (κ2) is 6.61. The van der Waals surface area contributed by atoms with Crippen molar-refractivity contribution in [2.24, 2.45) is 0 Å². The molecular weight excluding hydrogens is 306 g/mol. The average Bonchev–Trinajstić information content (AvgIpc) is 2.56. The second-order valence-electron chi connectivity index (χ2n) is 6.29. The Kier molecular flexibility index (Phi) is 4.53. The van der Waals surface area contributed by atoms with Gasteiger partial charge >= 0.3 is 0 Å². The third-order valence-corrected chi connectivity index (χ3v) is 4.63. The van der Waals surface area contributed by atoms with Gasteiger partial charge in [-0.05, 0) is 42.8 Å². The summed E-state index contributed by atoms with van der Waals surface area (Å²) in [5.74, 6) is 1.59. The van der Waals surface area contributed by atoms with Gasteiger partial charge in [-0.25, -0.2) is 0 Å². The summed E-state index contributed by atoms with van der Waals surface area (Å²) in [5.41, 5.74) is 3.10. The van der Waals surface area contributed by atoms with Gasteiger partial charge in [0.2, 0.25) is 0 Å². The summed E-state index contributed by atoms with van der Waals surface area (Å²) in [6.07, 6.45) is 0.778. The van der Waals surface area contributed by atoms with Gasteiger partial charge < -0.3 is 24.6 Å². The van der Waals surface area contributed by atoms with E-state index >= 15 is 0 Å². The minimum Gasteiger partial charge on any atom is -0.504 e. The summed E-state index contributed by atoms with van der Waals surface area (Å²) < 4.78 is 10.3. The van der Waals surface area contributed by atoms with E-state index in [-0.39, 0.29) is 17.4 Å². The molecule has 3 rings (SSSR count). The molecule has 2 N–H and O–H groups in total. The average molecular weight is 329 g/mol. The molecule has 0 aliphatic carbocycles. The molecule has 1 atom stereocenters. The lowest BCUT2D eigenvalue weighted by molar-refractivity contribution is 0.270. The van der Waals surface area contributed by atoms with Gasteiger partial charge in [-0.2, -0.15) is 0 Å². The first-order chi connectivity index (χ1) is 11.5. The molecule has 1 aliphatic heterocycles. The highest BCUT2D eigenvalue weighted by molar-refractivity contribution is 5.52. The second-order valence-corrected chi connectivity index (χ2v) is 6.29. The first-order valence-corrected chi connectivity index (χ1v) is 7.96. The predicted molar refractivity (Wildman–Crippen MR) is 92.1 cm³/mol. The monoisotopic (exact) mass is 329 g/mol. The third kappa shape index (κ3) is 2.99. The molecule has 0 saturated carbocycles. The van der Waals surface area contributed by atoms with Gasteiger partial charge in [-0.15, -0.1) is 0 Å². The van der Waals surface area contributed by atoms with Crippen molar-refractivity contribution >= 4 is 0 Å². The Morgan fingerprint density at radius 1 is 1.08 bits per heavy atom. The van der Waals surface area contributed by atoms with E-state index in [9.17, 15) is 10.2 Å². The predicted octanol–water partition coefficient (Wildman–Crippen LogP) is 2.89. The Morgan fingerprint density at radius 3 is 2.46 bits per heavy atom. The Labute approximate surface area is 142 Å². The number of hydrogen-bond donors (Lipinski definition) is 2. The summed E-state index contributed by atoms with van der Waals surface area (Å²) >= 11 is 0. The van der Waals surface area contributed by atoms with Crippen LogP contribution in [0.2, 0.25) is 0 Å². The highest BCUT2D eigenvalue weighted by Gasteiger charge is 2.27. The number of ether oxygens (including phenoxy) is 2. The minimum atomic E-state index is 0.150. The highest BCUT2D eigenvalue weighted by Crippen LogP contribution is 2.40. The van der Waals surface area contributed by atoms with Crippen LogP contribution in [0.1, 0.15) is 22.6 Å². The highest BCUT2D eigenvalue weighted by atomic mass is 16.5. The van der Waals surface area contributed by atoms with Crippen LogP contribution in [0.3, 0.4) is 0 Å². The molecule has 0 fully saturated rings. The fraction of sp³-hybridized carbons (Fsp3) is 0.368. The number of phenols is 2. The molecule has 0 spiro atoms. The van der Waals surface area contributed by atoms with Crippen molar-refractivity contribution in [1.82, 2.24) is 4.90 Å². The zero-order chi connectivity index (χ0) is 17.3. The van der Waals surface area contributed by atoms with Crippen LogP contribution in [0.4, 0.5) is 0 Å². The first kappa shape index (κ1) is 16.5. The quantitative estimate of drug-likeness (QED) is 0.903. The van der Waals surface area contributed by atoms with Crippen LogP contribution >= 0.6 is 0 Å². The zero-order valence-corrected chi connectivity index (χ0v) is 14.2. The van der Waals surface area contributed by atoms with Crippen LogP contribution < -0.4 is 9.47 Å². The molecule has 5 heteroatoms. The van der Waals surface area contributed by atoms with Crippen LogP contribution in [-0.2, 0) is 13.0 Å². The maximum absolute atomic E-state index is 10.4. The van der Waals surface area contributed by atoms with E-state index in [1.165, 1.54) is 7.11 Å². The number of aromatic hydroxyl groups is 2. The van der Waals surface area contributed by atoms with Crippen molar-refractivity contribution in [3.8, 4) is 23.0 Å². The Morgan fingerprint density at radius 2 is 1.79 bits per heavy atom. The number of phenolic OH excluding ortho intramolecular Hbond substituents is 2. The lowest BCUT2D eigenvalue weighted by atomic mass is 9.85. The Balaban J connectivity index is 1.93. The Hall–Kier alpha value is -2.40. The van der Waals surface area contributed by atoms with Crippen LogP contribution in [0, 0.1) is 0 Å². The first-order valence-electron chi connectivity index (χ1n) is 7.96. The van der Waals surface area contributed by atoms with Crippen molar-refractivity contribution in [3.05, 3.63) is 47.0 Å². The maximum atomic E-state index is 10.4. The molecule has 1 aliphatic rings. The number of rotatable bonds is 4. The van der Waals surface area contributed by atoms with Gasteiger partial charge in [0.25, 0.3) is 0 Å². The van der Waals surface area contributed by atoms with Crippen molar-refractivity contribution < 1.29 is 19.7 Å². The number of nitrogens with zero attached hydrogens (tertiary/aromatic N) is 1. The molecule has 5 nitrogen and oxygen atoms in total. The normalized spacial score (nSPS) is 17.4. The molecule has 24 heavy (non-hydrogen) atoms. The molecule has 1 unspecified atom stereocenters. The van der Waals surface area contributed by atoms with Crippen LogP contribution in [-0.4, -0.2) is 42.9 Å². The van der Waals surface area contributed by atoms with Gasteiger partial charge in [0.1, 0.15) is 0 Å². The summed E-state index contributed by atoms with van der Waals surface area (Å²) in [4.78, 5) is 2.19. The van der Waals surface area contributed by atoms with E-state index in [1.807, 2.05) is 25.2 Å². The van der Waals surface area contributed by atoms with Crippen molar-refractivity contribution in [2.75, 3.05) is 27.8 Å². The molecule has 2 aromatic carbocycles. The molecular formula is C19H23NO4. The van der Waals surface area contributed by atoms with E-state index in [0.29, 0.717) is 18.0 Å². The fourth-order valence-electron chi connectivity index (χ4n) is 3.47. The standard InChI is InChI=1S/C19H23NO4/c1-20-10-13(8-12-4-6-17(23-2)16(21)9-12)14-5-7-18(24-3)19(22)15(14)11-20/h4-7,9,13,21-22H,8,10-11H2,1-3H3. The minimum absolute atomic E-state index is 0.150. The van der Waals surface area contributed by atoms with Gasteiger partial charge in [0.05, 0.1) is 14.2 Å². The van der Waals surface area contributed by atoms with E-state index in [4.69, 9.17) is 9.47 Å². The number of hydrogen-bond acceptors (Lipinski definition) is 5. The van der Waals surface area contributed by atoms with Gasteiger partial charge in [0, 0.05) is 24.6 Å². The zero-order valence-electron chi connectivity index (χ0n) is 14.2. The topological polar surface area (TPSA) is 62.2 Å². The molecule has 0 radical (unpaired) electrons. The van der Waals surface area contributed by atoms with E-state index in [1.54, 1.807) is 19.2 Å². The Bertz CT molecular complexity index is 744. The maximum Gasteiger partial charge on any atom is 0.162 e. The number of benzene rings is 2. The largest absolute Gasteiger partial charge is 0.504 e. The fourth-order valence-corrected chi connectivity index (χ4v) is 3.47. The van der Waals surface area contributed by atoms with Gasteiger partial charge in [0.15, 0.2) is 23.0 Å². The van der Waals surface area contributed by atoms with E-state index < -0.39 is 0 Å². The van der Waals surface area contributed by atoms with Crippen molar-refractivity contribution in [2.45, 2.75) is 18.9 Å². The third-order valence-electron chi connectivity index (χ3n) is 4.63. The number of methoxy groups -OCH3 is 2.